The van der Waals surface area contributed by atoms with Crippen molar-refractivity contribution in [1.29, 1.82) is 0 Å². The van der Waals surface area contributed by atoms with E-state index in [4.69, 9.17) is 0 Å². The Bertz CT molecular complexity index is 1260. The number of rotatable bonds is 7. The van der Waals surface area contributed by atoms with Crippen LogP contribution >= 0.6 is 0 Å². The lowest BCUT2D eigenvalue weighted by Crippen LogP contribution is -2.20. The second-order valence-corrected chi connectivity index (χ2v) is 8.09. The molecule has 0 unspecified atom stereocenters. The number of carbonyl (C=O) groups excluding carboxylic acids is 1. The molecule has 0 aliphatic rings. The lowest BCUT2D eigenvalue weighted by molar-refractivity contribution is -0.136. The quantitative estimate of drug-likeness (QED) is 0.430. The van der Waals surface area contributed by atoms with Gasteiger partial charge < -0.3 is 15.0 Å². The summed E-state index contributed by atoms with van der Waals surface area (Å²) in [6.45, 7) is 4.75. The van der Waals surface area contributed by atoms with Gasteiger partial charge in [-0.25, -0.2) is 0 Å². The zero-order valence-electron chi connectivity index (χ0n) is 18.1. The van der Waals surface area contributed by atoms with Crippen molar-refractivity contribution in [3.63, 3.8) is 0 Å². The second-order valence-electron chi connectivity index (χ2n) is 8.09. The molecule has 0 aliphatic carbocycles. The summed E-state index contributed by atoms with van der Waals surface area (Å²) in [4.78, 5) is 29.1. The van der Waals surface area contributed by atoms with E-state index in [0.29, 0.717) is 29.4 Å². The minimum absolute atomic E-state index is 0.240. The molecule has 32 heavy (non-hydrogen) atoms. The van der Waals surface area contributed by atoms with Crippen molar-refractivity contribution in [2.24, 2.45) is 0 Å². The molecule has 0 fully saturated rings. The van der Waals surface area contributed by atoms with Crippen molar-refractivity contribution in [2.45, 2.75) is 32.7 Å². The molecule has 0 atom stereocenters. The molecule has 6 nitrogen and oxygen atoms in total. The molecular formula is C26H25N3O3. The number of carboxylic acid groups (broad SMARTS) is 1. The highest BCUT2D eigenvalue weighted by atomic mass is 16.4. The Labute approximate surface area is 186 Å². The maximum Gasteiger partial charge on any atom is 0.307 e. The fourth-order valence-corrected chi connectivity index (χ4v) is 3.95. The molecule has 0 saturated heterocycles. The van der Waals surface area contributed by atoms with E-state index >= 15 is 0 Å². The van der Waals surface area contributed by atoms with Crippen LogP contribution in [0.25, 0.3) is 10.9 Å². The molecule has 0 spiro atoms. The number of fused-ring (bicyclic) bond motifs is 1. The van der Waals surface area contributed by atoms with Gasteiger partial charge in [0.25, 0.3) is 5.91 Å². The van der Waals surface area contributed by atoms with E-state index in [1.54, 1.807) is 24.5 Å². The number of aromatic nitrogens is 2. The SMILES string of the molecule is CC(C)c1ccc(Cn2c(C(=O)Nc3cccnc3)c(CC(=O)O)c3ccccc32)cc1. The third-order valence-electron chi connectivity index (χ3n) is 5.53. The summed E-state index contributed by atoms with van der Waals surface area (Å²) in [7, 11) is 0. The number of hydrogen-bond donors (Lipinski definition) is 2. The Morgan fingerprint density at radius 3 is 2.44 bits per heavy atom. The van der Waals surface area contributed by atoms with E-state index in [1.807, 2.05) is 28.8 Å². The number of carboxylic acids is 1. The minimum Gasteiger partial charge on any atom is -0.481 e. The van der Waals surface area contributed by atoms with Gasteiger partial charge in [-0.1, -0.05) is 56.3 Å². The van der Waals surface area contributed by atoms with Crippen LogP contribution in [0.5, 0.6) is 0 Å². The topological polar surface area (TPSA) is 84.2 Å². The first-order valence-corrected chi connectivity index (χ1v) is 10.6. The molecule has 6 heteroatoms. The number of nitrogens with one attached hydrogen (secondary N) is 1. The number of anilines is 1. The van der Waals surface area contributed by atoms with Crippen molar-refractivity contribution in [2.75, 3.05) is 5.32 Å². The van der Waals surface area contributed by atoms with Gasteiger partial charge in [-0.2, -0.15) is 0 Å². The van der Waals surface area contributed by atoms with Crippen LogP contribution in [0.15, 0.2) is 73.1 Å². The summed E-state index contributed by atoms with van der Waals surface area (Å²) in [5.41, 5.74) is 4.52. The van der Waals surface area contributed by atoms with Crippen molar-refractivity contribution in [3.8, 4) is 0 Å². The van der Waals surface area contributed by atoms with Crippen LogP contribution < -0.4 is 5.32 Å². The lowest BCUT2D eigenvalue weighted by Gasteiger charge is -2.13. The summed E-state index contributed by atoms with van der Waals surface area (Å²) >= 11 is 0. The summed E-state index contributed by atoms with van der Waals surface area (Å²) in [6.07, 6.45) is 2.95. The van der Waals surface area contributed by atoms with E-state index in [-0.39, 0.29) is 12.3 Å². The number of carbonyl (C=O) groups is 2. The molecule has 4 aromatic rings. The number of hydrogen-bond acceptors (Lipinski definition) is 3. The van der Waals surface area contributed by atoms with Gasteiger partial charge in [0.05, 0.1) is 18.3 Å². The zero-order chi connectivity index (χ0) is 22.7. The summed E-state index contributed by atoms with van der Waals surface area (Å²) in [6, 6.07) is 19.3. The standard InChI is InChI=1S/C26H25N3O3/c1-17(2)19-11-9-18(10-12-19)16-29-23-8-4-3-7-21(23)22(14-24(30)31)25(29)26(32)28-20-6-5-13-27-15-20/h3-13,15,17H,14,16H2,1-2H3,(H,28,32)(H,30,31). The van der Waals surface area contributed by atoms with Gasteiger partial charge in [-0.15, -0.1) is 0 Å². The molecule has 0 aliphatic heterocycles. The molecule has 0 bridgehead atoms. The number of nitrogens with zero attached hydrogens (tertiary/aromatic N) is 2. The van der Waals surface area contributed by atoms with E-state index < -0.39 is 5.97 Å². The van der Waals surface area contributed by atoms with Crippen molar-refractivity contribution < 1.29 is 14.7 Å². The predicted octanol–water partition coefficient (Wildman–Crippen LogP) is 5.09. The van der Waals surface area contributed by atoms with Crippen LogP contribution in [0.4, 0.5) is 5.69 Å². The first-order valence-electron chi connectivity index (χ1n) is 10.6. The Morgan fingerprint density at radius 1 is 1.03 bits per heavy atom. The Hall–Kier alpha value is -3.93. The molecular weight excluding hydrogens is 402 g/mol. The average Bonchev–Trinajstić information content (AvgIpc) is 3.07. The second kappa shape index (κ2) is 9.06. The van der Waals surface area contributed by atoms with Crippen molar-refractivity contribution in [1.82, 2.24) is 9.55 Å². The van der Waals surface area contributed by atoms with Crippen LogP contribution in [0.2, 0.25) is 0 Å². The molecule has 2 N–H and O–H groups in total. The van der Waals surface area contributed by atoms with Gasteiger partial charge in [0.1, 0.15) is 5.69 Å². The van der Waals surface area contributed by atoms with Crippen molar-refractivity contribution in [3.05, 3.63) is 95.4 Å². The van der Waals surface area contributed by atoms with Crippen LogP contribution in [0, 0.1) is 0 Å². The highest BCUT2D eigenvalue weighted by Crippen LogP contribution is 2.29. The fourth-order valence-electron chi connectivity index (χ4n) is 3.95. The van der Waals surface area contributed by atoms with Crippen LogP contribution in [0.1, 0.15) is 46.9 Å². The molecule has 2 aromatic carbocycles. The summed E-state index contributed by atoms with van der Waals surface area (Å²) < 4.78 is 1.91. The monoisotopic (exact) mass is 427 g/mol. The van der Waals surface area contributed by atoms with Gasteiger partial charge in [-0.05, 0) is 35.2 Å². The molecule has 1 amide bonds. The molecule has 0 radical (unpaired) electrons. The van der Waals surface area contributed by atoms with Gasteiger partial charge in [0.2, 0.25) is 0 Å². The number of pyridine rings is 1. The van der Waals surface area contributed by atoms with Crippen LogP contribution in [0.3, 0.4) is 0 Å². The highest BCUT2D eigenvalue weighted by Gasteiger charge is 2.24. The van der Waals surface area contributed by atoms with Gasteiger partial charge in [-0.3, -0.25) is 14.6 Å². The Kier molecular flexibility index (Phi) is 6.03. The number of aliphatic carboxylic acids is 1. The third-order valence-corrected chi connectivity index (χ3v) is 5.53. The average molecular weight is 428 g/mol. The fraction of sp³-hybridized carbons (Fsp3) is 0.192. The molecule has 0 saturated carbocycles. The van der Waals surface area contributed by atoms with Gasteiger partial charge >= 0.3 is 5.97 Å². The van der Waals surface area contributed by atoms with E-state index in [0.717, 1.165) is 16.5 Å². The van der Waals surface area contributed by atoms with Crippen LogP contribution in [-0.4, -0.2) is 26.5 Å². The maximum atomic E-state index is 13.4. The zero-order valence-corrected chi connectivity index (χ0v) is 18.1. The minimum atomic E-state index is -0.982. The normalized spacial score (nSPS) is 11.1. The number of benzene rings is 2. The lowest BCUT2D eigenvalue weighted by atomic mass is 10.0. The van der Waals surface area contributed by atoms with Gasteiger partial charge in [0.15, 0.2) is 0 Å². The number of amides is 1. The molecule has 162 valence electrons. The Morgan fingerprint density at radius 2 is 1.78 bits per heavy atom. The largest absolute Gasteiger partial charge is 0.481 e. The van der Waals surface area contributed by atoms with E-state index in [9.17, 15) is 14.7 Å². The molecule has 2 aromatic heterocycles. The first kappa shape index (κ1) is 21.3. The smallest absolute Gasteiger partial charge is 0.307 e. The summed E-state index contributed by atoms with van der Waals surface area (Å²) in [5, 5.41) is 13.2. The predicted molar refractivity (Wildman–Crippen MR) is 125 cm³/mol. The van der Waals surface area contributed by atoms with Crippen molar-refractivity contribution >= 4 is 28.5 Å². The van der Waals surface area contributed by atoms with E-state index in [1.165, 1.54) is 5.56 Å². The molecule has 4 rings (SSSR count). The third kappa shape index (κ3) is 4.39. The number of para-hydroxylation sites is 1. The highest BCUT2D eigenvalue weighted by molar-refractivity contribution is 6.09. The maximum absolute atomic E-state index is 13.4. The summed E-state index contributed by atoms with van der Waals surface area (Å²) in [5.74, 6) is -0.909. The first-order chi connectivity index (χ1) is 15.4. The van der Waals surface area contributed by atoms with Gasteiger partial charge in [0, 0.05) is 29.2 Å². The van der Waals surface area contributed by atoms with E-state index in [2.05, 4.69) is 48.4 Å². The van der Waals surface area contributed by atoms with Crippen LogP contribution in [-0.2, 0) is 17.8 Å². The Balaban J connectivity index is 1.83. The molecule has 2 heterocycles.